The molecule has 1 fully saturated rings. The number of aromatic nitrogens is 5. The molecule has 0 spiro atoms. The SMILES string of the molecule is CCCNc1ccc(Cl)c(CSc2nnnn2C2CC2)n1. The van der Waals surface area contributed by atoms with Crippen molar-refractivity contribution in [2.45, 2.75) is 43.1 Å². The summed E-state index contributed by atoms with van der Waals surface area (Å²) in [5.41, 5.74) is 0.855. The first kappa shape index (κ1) is 14.6. The van der Waals surface area contributed by atoms with Crippen LogP contribution in [0.2, 0.25) is 5.02 Å². The average Bonchev–Trinajstić information content (AvgIpc) is 3.24. The van der Waals surface area contributed by atoms with E-state index in [-0.39, 0.29) is 0 Å². The van der Waals surface area contributed by atoms with Gasteiger partial charge in [0.1, 0.15) is 5.82 Å². The van der Waals surface area contributed by atoms with E-state index in [0.717, 1.165) is 42.5 Å². The van der Waals surface area contributed by atoms with Crippen LogP contribution in [0.25, 0.3) is 0 Å². The molecule has 1 aliphatic rings. The summed E-state index contributed by atoms with van der Waals surface area (Å²) in [5.74, 6) is 1.52. The minimum atomic E-state index is 0.475. The number of tetrazole rings is 1. The van der Waals surface area contributed by atoms with Gasteiger partial charge < -0.3 is 5.32 Å². The van der Waals surface area contributed by atoms with E-state index in [9.17, 15) is 0 Å². The first-order valence-corrected chi connectivity index (χ1v) is 8.44. The zero-order valence-corrected chi connectivity index (χ0v) is 13.4. The Hall–Kier alpha value is -1.34. The van der Waals surface area contributed by atoms with Gasteiger partial charge in [0.2, 0.25) is 5.16 Å². The first-order chi connectivity index (χ1) is 10.3. The quantitative estimate of drug-likeness (QED) is 0.789. The van der Waals surface area contributed by atoms with Crippen LogP contribution in [0.1, 0.15) is 37.9 Å². The summed E-state index contributed by atoms with van der Waals surface area (Å²) in [5, 5.41) is 16.6. The Morgan fingerprint density at radius 2 is 2.29 bits per heavy atom. The van der Waals surface area contributed by atoms with Crippen LogP contribution in [0.15, 0.2) is 17.3 Å². The van der Waals surface area contributed by atoms with Crippen LogP contribution in [0.5, 0.6) is 0 Å². The van der Waals surface area contributed by atoms with Gasteiger partial charge in [-0.1, -0.05) is 30.3 Å². The van der Waals surface area contributed by atoms with Crippen molar-refractivity contribution >= 4 is 29.2 Å². The van der Waals surface area contributed by atoms with E-state index in [1.165, 1.54) is 0 Å². The van der Waals surface area contributed by atoms with Gasteiger partial charge in [0.15, 0.2) is 0 Å². The topological polar surface area (TPSA) is 68.5 Å². The molecule has 3 rings (SSSR count). The molecular weight excluding hydrogens is 308 g/mol. The highest BCUT2D eigenvalue weighted by atomic mass is 35.5. The fourth-order valence-electron chi connectivity index (χ4n) is 1.90. The van der Waals surface area contributed by atoms with Crippen LogP contribution < -0.4 is 5.32 Å². The van der Waals surface area contributed by atoms with Crippen LogP contribution in [0.3, 0.4) is 0 Å². The van der Waals surface area contributed by atoms with Gasteiger partial charge >= 0.3 is 0 Å². The number of anilines is 1. The van der Waals surface area contributed by atoms with Gasteiger partial charge in [0.05, 0.1) is 16.8 Å². The summed E-state index contributed by atoms with van der Waals surface area (Å²) < 4.78 is 1.90. The van der Waals surface area contributed by atoms with Crippen molar-refractivity contribution < 1.29 is 0 Å². The van der Waals surface area contributed by atoms with Gasteiger partial charge in [-0.25, -0.2) is 9.67 Å². The Morgan fingerprint density at radius 3 is 3.05 bits per heavy atom. The second kappa shape index (κ2) is 6.62. The third-order valence-electron chi connectivity index (χ3n) is 3.17. The van der Waals surface area contributed by atoms with Gasteiger partial charge in [-0.15, -0.1) is 5.10 Å². The standard InChI is InChI=1S/C13H17ClN6S/c1-2-7-15-12-6-5-10(14)11(16-12)8-21-13-17-18-19-20(13)9-3-4-9/h5-6,9H,2-4,7-8H2,1H3,(H,15,16). The second-order valence-electron chi connectivity index (χ2n) is 4.98. The summed E-state index contributed by atoms with van der Waals surface area (Å²) >= 11 is 7.80. The van der Waals surface area contributed by atoms with Crippen molar-refractivity contribution in [3.8, 4) is 0 Å². The van der Waals surface area contributed by atoms with Crippen molar-refractivity contribution in [1.82, 2.24) is 25.2 Å². The van der Waals surface area contributed by atoms with E-state index >= 15 is 0 Å². The van der Waals surface area contributed by atoms with E-state index in [1.807, 2.05) is 16.8 Å². The first-order valence-electron chi connectivity index (χ1n) is 7.08. The predicted octanol–water partition coefficient (Wildman–Crippen LogP) is 3.17. The summed E-state index contributed by atoms with van der Waals surface area (Å²) in [6.45, 7) is 3.03. The van der Waals surface area contributed by atoms with Gasteiger partial charge in [-0.05, 0) is 41.8 Å². The average molecular weight is 325 g/mol. The Labute approximate surface area is 132 Å². The molecule has 112 valence electrons. The maximum atomic E-state index is 6.22. The fourth-order valence-corrected chi connectivity index (χ4v) is 3.05. The van der Waals surface area contributed by atoms with Crippen LogP contribution in [-0.2, 0) is 5.75 Å². The Kier molecular flexibility index (Phi) is 4.60. The molecule has 6 nitrogen and oxygen atoms in total. The lowest BCUT2D eigenvalue weighted by Crippen LogP contribution is -2.04. The number of nitrogens with one attached hydrogen (secondary N) is 1. The lowest BCUT2D eigenvalue weighted by Gasteiger charge is -2.08. The molecular formula is C13H17ClN6S. The number of rotatable bonds is 7. The number of hydrogen-bond acceptors (Lipinski definition) is 6. The molecule has 0 radical (unpaired) electrons. The van der Waals surface area contributed by atoms with Crippen LogP contribution >= 0.6 is 23.4 Å². The molecule has 8 heteroatoms. The van der Waals surface area contributed by atoms with E-state index in [4.69, 9.17) is 11.6 Å². The van der Waals surface area contributed by atoms with Crippen LogP contribution in [0.4, 0.5) is 5.82 Å². The fraction of sp³-hybridized carbons (Fsp3) is 0.538. The smallest absolute Gasteiger partial charge is 0.209 e. The summed E-state index contributed by atoms with van der Waals surface area (Å²) in [6, 6.07) is 4.26. The summed E-state index contributed by atoms with van der Waals surface area (Å²) in [4.78, 5) is 4.56. The molecule has 0 amide bonds. The van der Waals surface area contributed by atoms with E-state index in [2.05, 4.69) is 32.7 Å². The summed E-state index contributed by atoms with van der Waals surface area (Å²) in [7, 11) is 0. The number of hydrogen-bond donors (Lipinski definition) is 1. The molecule has 0 atom stereocenters. The zero-order valence-electron chi connectivity index (χ0n) is 11.8. The highest BCUT2D eigenvalue weighted by molar-refractivity contribution is 7.98. The van der Waals surface area contributed by atoms with Gasteiger partial charge in [0, 0.05) is 12.3 Å². The van der Waals surface area contributed by atoms with Crippen molar-refractivity contribution in [3.63, 3.8) is 0 Å². The van der Waals surface area contributed by atoms with Crippen LogP contribution in [0, 0.1) is 0 Å². The number of pyridine rings is 1. The van der Waals surface area contributed by atoms with Crippen molar-refractivity contribution in [1.29, 1.82) is 0 Å². The second-order valence-corrected chi connectivity index (χ2v) is 6.33. The van der Waals surface area contributed by atoms with E-state index in [1.54, 1.807) is 11.8 Å². The molecule has 2 aromatic rings. The molecule has 0 unspecified atom stereocenters. The van der Waals surface area contributed by atoms with Crippen molar-refractivity contribution in [2.75, 3.05) is 11.9 Å². The van der Waals surface area contributed by atoms with Crippen molar-refractivity contribution in [2.24, 2.45) is 0 Å². The van der Waals surface area contributed by atoms with Crippen molar-refractivity contribution in [3.05, 3.63) is 22.8 Å². The van der Waals surface area contributed by atoms with Gasteiger partial charge in [-0.2, -0.15) is 0 Å². The number of nitrogens with zero attached hydrogens (tertiary/aromatic N) is 5. The molecule has 0 saturated heterocycles. The monoisotopic (exact) mass is 324 g/mol. The Balaban J connectivity index is 1.67. The molecule has 0 aromatic carbocycles. The molecule has 1 aliphatic carbocycles. The molecule has 1 saturated carbocycles. The maximum Gasteiger partial charge on any atom is 0.209 e. The largest absolute Gasteiger partial charge is 0.370 e. The van der Waals surface area contributed by atoms with E-state index in [0.29, 0.717) is 16.8 Å². The molecule has 0 aliphatic heterocycles. The number of thioether (sulfide) groups is 1. The lowest BCUT2D eigenvalue weighted by atomic mass is 10.3. The highest BCUT2D eigenvalue weighted by Crippen LogP contribution is 2.37. The molecule has 2 heterocycles. The third kappa shape index (κ3) is 3.65. The molecule has 0 bridgehead atoms. The molecule has 1 N–H and O–H groups in total. The number of halogens is 1. The Morgan fingerprint density at radius 1 is 1.43 bits per heavy atom. The summed E-state index contributed by atoms with van der Waals surface area (Å²) in [6.07, 6.45) is 3.38. The van der Waals surface area contributed by atoms with E-state index < -0.39 is 0 Å². The highest BCUT2D eigenvalue weighted by Gasteiger charge is 2.27. The minimum Gasteiger partial charge on any atom is -0.370 e. The molecule has 2 aromatic heterocycles. The minimum absolute atomic E-state index is 0.475. The molecule has 21 heavy (non-hydrogen) atoms. The maximum absolute atomic E-state index is 6.22. The van der Waals surface area contributed by atoms with Gasteiger partial charge in [-0.3, -0.25) is 0 Å². The third-order valence-corrected chi connectivity index (χ3v) is 4.46. The Bertz CT molecular complexity index is 612. The normalized spacial score (nSPS) is 14.4. The predicted molar refractivity (Wildman–Crippen MR) is 83.7 cm³/mol. The van der Waals surface area contributed by atoms with Gasteiger partial charge in [0.25, 0.3) is 0 Å². The zero-order chi connectivity index (χ0) is 14.7. The van der Waals surface area contributed by atoms with Crippen LogP contribution in [-0.4, -0.2) is 31.7 Å². The lowest BCUT2D eigenvalue weighted by molar-refractivity contribution is 0.565.